The minimum Gasteiger partial charge on any atom is -0.287 e. The number of thioether (sulfide) groups is 4. The van der Waals surface area contributed by atoms with Crippen LogP contribution < -0.4 is 0 Å². The van der Waals surface area contributed by atoms with E-state index in [-0.39, 0.29) is 20.5 Å². The largest absolute Gasteiger partial charge is 0.287 e. The van der Waals surface area contributed by atoms with Gasteiger partial charge in [-0.2, -0.15) is 0 Å². The molecule has 82 heavy (non-hydrogen) atoms. The van der Waals surface area contributed by atoms with E-state index in [9.17, 15) is 19.2 Å². The molecule has 4 heterocycles. The van der Waals surface area contributed by atoms with E-state index in [4.69, 9.17) is 0 Å². The van der Waals surface area contributed by atoms with Crippen molar-refractivity contribution in [2.75, 3.05) is 0 Å². The predicted molar refractivity (Wildman–Crippen MR) is 363 cm³/mol. The average molecular weight is 1250 g/mol. The molecule has 0 atom stereocenters. The first-order valence-corrected chi connectivity index (χ1v) is 36.8. The van der Waals surface area contributed by atoms with Gasteiger partial charge in [-0.25, -0.2) is 0 Å². The molecule has 4 nitrogen and oxygen atoms in total. The van der Waals surface area contributed by atoms with Gasteiger partial charge < -0.3 is 0 Å². The highest BCUT2D eigenvalue weighted by Crippen LogP contribution is 2.42. The molecule has 5 aromatic rings. The lowest BCUT2D eigenvalue weighted by Crippen LogP contribution is -1.97. The van der Waals surface area contributed by atoms with Crippen LogP contribution in [0.3, 0.4) is 0 Å². The van der Waals surface area contributed by atoms with Gasteiger partial charge in [0.15, 0.2) is 20.5 Å². The summed E-state index contributed by atoms with van der Waals surface area (Å²) < 4.78 is 4.20. The molecule has 0 unspecified atom stereocenters. The third-order valence-corrected chi connectivity index (χ3v) is 22.7. The first-order valence-electron chi connectivity index (χ1n) is 30.2. The Kier molecular flexibility index (Phi) is 31.2. The number of carbonyl (C=O) groups is 4. The van der Waals surface area contributed by atoms with Crippen molar-refractivity contribution >= 4 is 113 Å². The molecular formula is C70H86O4S8. The van der Waals surface area contributed by atoms with Gasteiger partial charge in [-0.15, -0.1) is 45.3 Å². The summed E-state index contributed by atoms with van der Waals surface area (Å²) in [6.07, 6.45) is 23.9. The van der Waals surface area contributed by atoms with Gasteiger partial charge in [-0.1, -0.05) is 154 Å². The smallest absolute Gasteiger partial charge is 0.191 e. The van der Waals surface area contributed by atoms with Crippen LogP contribution in [0.15, 0.2) is 29.0 Å². The molecule has 12 heteroatoms. The van der Waals surface area contributed by atoms with Crippen molar-refractivity contribution in [3.05, 3.63) is 98.4 Å². The molecule has 1 aromatic carbocycles. The van der Waals surface area contributed by atoms with E-state index in [1.54, 1.807) is 73.0 Å². The Hall–Kier alpha value is -3.66. The summed E-state index contributed by atoms with van der Waals surface area (Å²) in [7, 11) is 0. The van der Waals surface area contributed by atoms with Crippen LogP contribution in [0.5, 0.6) is 0 Å². The van der Waals surface area contributed by atoms with Crippen LogP contribution >= 0.6 is 92.4 Å². The van der Waals surface area contributed by atoms with Crippen LogP contribution in [0, 0.1) is 47.4 Å². The van der Waals surface area contributed by atoms with E-state index in [1.165, 1.54) is 91.6 Å². The van der Waals surface area contributed by atoms with Crippen molar-refractivity contribution < 1.29 is 19.2 Å². The topological polar surface area (TPSA) is 68.3 Å². The minimum absolute atomic E-state index is 0.0757. The van der Waals surface area contributed by atoms with Crippen LogP contribution in [0.2, 0.25) is 0 Å². The highest BCUT2D eigenvalue weighted by atomic mass is 32.2. The molecule has 0 radical (unpaired) electrons. The monoisotopic (exact) mass is 1250 g/mol. The van der Waals surface area contributed by atoms with Gasteiger partial charge in [0, 0.05) is 49.9 Å². The summed E-state index contributed by atoms with van der Waals surface area (Å²) in [5.74, 6) is 29.6. The van der Waals surface area contributed by atoms with Crippen molar-refractivity contribution in [3.8, 4) is 47.4 Å². The minimum atomic E-state index is 0.0757. The van der Waals surface area contributed by atoms with E-state index in [0.717, 1.165) is 213 Å². The Bertz CT molecular complexity index is 2820. The molecule has 5 rings (SSSR count). The second kappa shape index (κ2) is 37.0. The summed E-state index contributed by atoms with van der Waals surface area (Å²) in [5, 5.41) is 0.303. The van der Waals surface area contributed by atoms with Gasteiger partial charge in [0.1, 0.15) is 0 Å². The normalized spacial score (nSPS) is 10.9. The number of hydrogen-bond donors (Lipinski definition) is 0. The fourth-order valence-electron chi connectivity index (χ4n) is 9.57. The molecule has 0 bridgehead atoms. The lowest BCUT2D eigenvalue weighted by molar-refractivity contribution is -0.109. The second-order valence-corrected chi connectivity index (χ2v) is 30.7. The van der Waals surface area contributed by atoms with Crippen LogP contribution in [0.4, 0.5) is 0 Å². The van der Waals surface area contributed by atoms with Crippen molar-refractivity contribution in [2.24, 2.45) is 0 Å². The summed E-state index contributed by atoms with van der Waals surface area (Å²) in [6, 6.07) is 4.21. The first kappa shape index (κ1) is 69.1. The number of unbranched alkanes of at least 4 members (excludes halogenated alkanes) is 8. The molecule has 0 aliphatic heterocycles. The molecule has 0 aliphatic carbocycles. The highest BCUT2D eigenvalue weighted by molar-refractivity contribution is 8.15. The lowest BCUT2D eigenvalue weighted by Gasteiger charge is -2.07. The second-order valence-electron chi connectivity index (χ2n) is 20.8. The zero-order valence-corrected chi connectivity index (χ0v) is 57.6. The predicted octanol–water partition coefficient (Wildman–Crippen LogP) is 20.8. The van der Waals surface area contributed by atoms with Crippen molar-refractivity contribution in [2.45, 2.75) is 254 Å². The quantitative estimate of drug-likeness (QED) is 0.0362. The third-order valence-electron chi connectivity index (χ3n) is 13.9. The zero-order chi connectivity index (χ0) is 59.6. The lowest BCUT2D eigenvalue weighted by atomic mass is 9.96. The van der Waals surface area contributed by atoms with Gasteiger partial charge in [-0.05, 0) is 206 Å². The number of rotatable bonds is 28. The SMILES string of the molecule is CCCCc1c(C#Cc2cc(C#Cc3sc(SC(C)=O)c(CCCC)c3CCCC)c(C#Cc3sc(SC(C)=O)c(CCCC)c3CCCC)cc2C#Cc2sc(SC(C)=O)c(CCCC)c2CCCC)sc(SC(C)=O)c1CCCC. The van der Waals surface area contributed by atoms with Gasteiger partial charge in [0.2, 0.25) is 0 Å². The Morgan fingerprint density at radius 1 is 0.293 bits per heavy atom. The van der Waals surface area contributed by atoms with E-state index < -0.39 is 0 Å². The number of benzene rings is 1. The van der Waals surface area contributed by atoms with Gasteiger partial charge >= 0.3 is 0 Å². The zero-order valence-electron chi connectivity index (χ0n) is 51.0. The molecule has 0 fully saturated rings. The third kappa shape index (κ3) is 20.8. The van der Waals surface area contributed by atoms with E-state index >= 15 is 0 Å². The molecule has 438 valence electrons. The highest BCUT2D eigenvalue weighted by Gasteiger charge is 2.23. The molecule has 0 spiro atoms. The maximum Gasteiger partial charge on any atom is 0.191 e. The van der Waals surface area contributed by atoms with Gasteiger partial charge in [0.05, 0.1) is 36.3 Å². The molecule has 0 saturated heterocycles. The van der Waals surface area contributed by atoms with Crippen LogP contribution in [-0.2, 0) is 70.5 Å². The van der Waals surface area contributed by atoms with Gasteiger partial charge in [-0.3, -0.25) is 19.2 Å². The summed E-state index contributed by atoms with van der Waals surface area (Å²) in [5.41, 5.74) is 13.1. The van der Waals surface area contributed by atoms with E-state index in [0.29, 0.717) is 0 Å². The molecule has 0 amide bonds. The maximum absolute atomic E-state index is 12.8. The van der Waals surface area contributed by atoms with Crippen molar-refractivity contribution in [1.82, 2.24) is 0 Å². The Morgan fingerprint density at radius 2 is 0.463 bits per heavy atom. The van der Waals surface area contributed by atoms with Crippen molar-refractivity contribution in [3.63, 3.8) is 0 Å². The molecular weight excluding hydrogens is 1160 g/mol. The summed E-state index contributed by atoms with van der Waals surface area (Å²) in [4.78, 5) is 55.1. The number of hydrogen-bond acceptors (Lipinski definition) is 12. The molecule has 0 aliphatic rings. The molecule has 0 N–H and O–H groups in total. The standard InChI is InChI=1S/C70H86O4S8/c1-13-21-29-55-59(33-25-17-5)67(75-47(9)71)79-63(55)41-37-51-45-53(39-43-65-57(31-23-15-3)61(35-27-19-7)69(81-65)77-49(11)73)54(40-44-66-58(32-24-16-4)62(36-28-20-8)70(82-66)78-50(12)74)46-52(51)38-42-64-56(30-22-14-2)60(34-26-18-6)68(80-64)76-48(10)72/h45-46H,13-36H2,1-12H3. The first-order chi connectivity index (χ1) is 39.6. The average Bonchev–Trinajstić information content (AvgIpc) is 4.24. The number of thiophene rings is 4. The summed E-state index contributed by atoms with van der Waals surface area (Å²) in [6.45, 7) is 24.3. The molecule has 0 saturated carbocycles. The maximum atomic E-state index is 12.8. The summed E-state index contributed by atoms with van der Waals surface area (Å²) >= 11 is 11.9. The van der Waals surface area contributed by atoms with Crippen LogP contribution in [0.1, 0.15) is 272 Å². The van der Waals surface area contributed by atoms with Crippen molar-refractivity contribution in [1.29, 1.82) is 0 Å². The van der Waals surface area contributed by atoms with Crippen LogP contribution in [-0.4, -0.2) is 20.5 Å². The number of carbonyl (C=O) groups excluding carboxylic acids is 4. The molecule has 4 aromatic heterocycles. The Balaban J connectivity index is 1.97. The Labute approximate surface area is 527 Å². The van der Waals surface area contributed by atoms with Crippen LogP contribution in [0.25, 0.3) is 0 Å². The van der Waals surface area contributed by atoms with E-state index in [2.05, 4.69) is 115 Å². The Morgan fingerprint density at radius 3 is 0.622 bits per heavy atom. The fourth-order valence-corrected chi connectivity index (χ4v) is 19.0. The fraction of sp³-hybridized carbons (Fsp3) is 0.514. The van der Waals surface area contributed by atoms with E-state index in [1.807, 2.05) is 0 Å². The van der Waals surface area contributed by atoms with Gasteiger partial charge in [0.25, 0.3) is 0 Å².